The number of hydrogen-bond donors (Lipinski definition) is 0. The highest BCUT2D eigenvalue weighted by molar-refractivity contribution is 6.10. The van der Waals surface area contributed by atoms with Crippen molar-refractivity contribution >= 4 is 11.6 Å². The lowest BCUT2D eigenvalue weighted by molar-refractivity contribution is 0.0989. The fourth-order valence-corrected chi connectivity index (χ4v) is 3.01. The van der Waals surface area contributed by atoms with E-state index in [0.29, 0.717) is 17.8 Å². The van der Waals surface area contributed by atoms with E-state index in [-0.39, 0.29) is 5.91 Å². The standard InChI is InChI=1S/C19H15N3O/c23-19(22-11-10-14-6-4-5-9-17(14)22)16-12-20-13-21-18(16)15-7-2-1-3-8-15/h1-9,12-13H,10-11H2. The number of aromatic nitrogens is 2. The van der Waals surface area contributed by atoms with Gasteiger partial charge in [0.15, 0.2) is 0 Å². The first kappa shape index (κ1) is 13.6. The zero-order chi connectivity index (χ0) is 15.6. The average molecular weight is 301 g/mol. The van der Waals surface area contributed by atoms with E-state index in [4.69, 9.17) is 0 Å². The third-order valence-electron chi connectivity index (χ3n) is 4.12. The lowest BCUT2D eigenvalue weighted by Gasteiger charge is -2.18. The molecule has 4 rings (SSSR count). The van der Waals surface area contributed by atoms with Crippen LogP contribution in [-0.4, -0.2) is 22.4 Å². The maximum absolute atomic E-state index is 13.0. The van der Waals surface area contributed by atoms with Gasteiger partial charge in [-0.05, 0) is 18.1 Å². The van der Waals surface area contributed by atoms with Crippen LogP contribution in [0, 0.1) is 0 Å². The van der Waals surface area contributed by atoms with Gasteiger partial charge in [-0.15, -0.1) is 0 Å². The Labute approximate surface area is 134 Å². The van der Waals surface area contributed by atoms with E-state index in [9.17, 15) is 4.79 Å². The molecule has 2 aromatic carbocycles. The van der Waals surface area contributed by atoms with Crippen molar-refractivity contribution in [2.45, 2.75) is 6.42 Å². The molecule has 1 aromatic heterocycles. The van der Waals surface area contributed by atoms with E-state index >= 15 is 0 Å². The van der Waals surface area contributed by atoms with Gasteiger partial charge in [0.1, 0.15) is 6.33 Å². The lowest BCUT2D eigenvalue weighted by Crippen LogP contribution is -2.29. The van der Waals surface area contributed by atoms with E-state index in [1.807, 2.05) is 53.4 Å². The minimum Gasteiger partial charge on any atom is -0.308 e. The third-order valence-corrected chi connectivity index (χ3v) is 4.12. The molecule has 0 unspecified atom stereocenters. The molecule has 1 aliphatic heterocycles. The first-order valence-electron chi connectivity index (χ1n) is 7.60. The molecule has 4 heteroatoms. The van der Waals surface area contributed by atoms with E-state index in [1.54, 1.807) is 6.20 Å². The first-order valence-corrected chi connectivity index (χ1v) is 7.60. The number of carbonyl (C=O) groups excluding carboxylic acids is 1. The normalized spacial score (nSPS) is 13.0. The fourth-order valence-electron chi connectivity index (χ4n) is 3.01. The molecule has 0 aliphatic carbocycles. The van der Waals surface area contributed by atoms with E-state index < -0.39 is 0 Å². The maximum Gasteiger partial charge on any atom is 0.262 e. The summed E-state index contributed by atoms with van der Waals surface area (Å²) in [6.45, 7) is 0.696. The Balaban J connectivity index is 1.76. The summed E-state index contributed by atoms with van der Waals surface area (Å²) in [7, 11) is 0. The van der Waals surface area contributed by atoms with Crippen molar-refractivity contribution < 1.29 is 4.79 Å². The summed E-state index contributed by atoms with van der Waals surface area (Å²) < 4.78 is 0. The number of carbonyl (C=O) groups is 1. The summed E-state index contributed by atoms with van der Waals surface area (Å²) in [5.74, 6) is -0.0468. The van der Waals surface area contributed by atoms with Gasteiger partial charge >= 0.3 is 0 Å². The average Bonchev–Trinajstić information content (AvgIpc) is 3.06. The minimum absolute atomic E-state index is 0.0468. The topological polar surface area (TPSA) is 46.1 Å². The van der Waals surface area contributed by atoms with Crippen LogP contribution in [0.25, 0.3) is 11.3 Å². The second kappa shape index (κ2) is 5.65. The number of fused-ring (bicyclic) bond motifs is 1. The molecule has 4 nitrogen and oxygen atoms in total. The van der Waals surface area contributed by atoms with Gasteiger partial charge in [0.05, 0.1) is 11.3 Å². The lowest BCUT2D eigenvalue weighted by atomic mass is 10.1. The number of para-hydroxylation sites is 1. The van der Waals surface area contributed by atoms with Gasteiger partial charge in [-0.25, -0.2) is 9.97 Å². The van der Waals surface area contributed by atoms with Gasteiger partial charge in [0.2, 0.25) is 0 Å². The molecule has 0 fully saturated rings. The van der Waals surface area contributed by atoms with E-state index in [0.717, 1.165) is 17.7 Å². The predicted molar refractivity (Wildman–Crippen MR) is 89.3 cm³/mol. The summed E-state index contributed by atoms with van der Waals surface area (Å²) in [5.41, 5.74) is 4.33. The predicted octanol–water partition coefficient (Wildman–Crippen LogP) is 3.35. The summed E-state index contributed by atoms with van der Waals surface area (Å²) in [4.78, 5) is 23.3. The molecule has 0 atom stereocenters. The van der Waals surface area contributed by atoms with Crippen LogP contribution in [0.3, 0.4) is 0 Å². The van der Waals surface area contributed by atoms with E-state index in [1.165, 1.54) is 11.9 Å². The largest absolute Gasteiger partial charge is 0.308 e. The van der Waals surface area contributed by atoms with Crippen molar-refractivity contribution in [3.05, 3.63) is 78.2 Å². The van der Waals surface area contributed by atoms with Crippen molar-refractivity contribution in [1.29, 1.82) is 0 Å². The molecule has 3 aromatic rings. The highest BCUT2D eigenvalue weighted by atomic mass is 16.2. The van der Waals surface area contributed by atoms with Gasteiger partial charge in [0.25, 0.3) is 5.91 Å². The highest BCUT2D eigenvalue weighted by Crippen LogP contribution is 2.30. The number of hydrogen-bond acceptors (Lipinski definition) is 3. The second-order valence-corrected chi connectivity index (χ2v) is 5.49. The fraction of sp³-hybridized carbons (Fsp3) is 0.105. The summed E-state index contributed by atoms with van der Waals surface area (Å²) in [6, 6.07) is 17.8. The zero-order valence-electron chi connectivity index (χ0n) is 12.5. The van der Waals surface area contributed by atoms with Crippen molar-refractivity contribution in [2.75, 3.05) is 11.4 Å². The molecule has 112 valence electrons. The second-order valence-electron chi connectivity index (χ2n) is 5.49. The molecular formula is C19H15N3O. The summed E-state index contributed by atoms with van der Waals surface area (Å²) in [6.07, 6.45) is 3.98. The maximum atomic E-state index is 13.0. The molecule has 23 heavy (non-hydrogen) atoms. The molecular weight excluding hydrogens is 286 g/mol. The van der Waals surface area contributed by atoms with Gasteiger partial charge in [0, 0.05) is 24.0 Å². The first-order chi connectivity index (χ1) is 11.3. The minimum atomic E-state index is -0.0468. The molecule has 2 heterocycles. The van der Waals surface area contributed by atoms with Crippen LogP contribution in [-0.2, 0) is 6.42 Å². The Morgan fingerprint density at radius 1 is 1.00 bits per heavy atom. The Kier molecular flexibility index (Phi) is 3.35. The Hall–Kier alpha value is -3.01. The Morgan fingerprint density at radius 2 is 1.78 bits per heavy atom. The van der Waals surface area contributed by atoms with E-state index in [2.05, 4.69) is 16.0 Å². The molecule has 0 bridgehead atoms. The number of nitrogens with zero attached hydrogens (tertiary/aromatic N) is 3. The van der Waals surface area contributed by atoms with Gasteiger partial charge in [-0.1, -0.05) is 48.5 Å². The number of rotatable bonds is 2. The number of benzene rings is 2. The smallest absolute Gasteiger partial charge is 0.262 e. The van der Waals surface area contributed by atoms with Crippen LogP contribution < -0.4 is 4.90 Å². The van der Waals surface area contributed by atoms with Gasteiger partial charge in [-0.3, -0.25) is 4.79 Å². The summed E-state index contributed by atoms with van der Waals surface area (Å²) >= 11 is 0. The molecule has 0 saturated carbocycles. The SMILES string of the molecule is O=C(c1cncnc1-c1ccccc1)N1CCc2ccccc21. The Bertz CT molecular complexity index is 861. The molecule has 0 saturated heterocycles. The van der Waals surface area contributed by atoms with Crippen LogP contribution in [0.4, 0.5) is 5.69 Å². The van der Waals surface area contributed by atoms with Crippen LogP contribution >= 0.6 is 0 Å². The summed E-state index contributed by atoms with van der Waals surface area (Å²) in [5, 5.41) is 0. The van der Waals surface area contributed by atoms with Gasteiger partial charge < -0.3 is 4.90 Å². The highest BCUT2D eigenvalue weighted by Gasteiger charge is 2.27. The van der Waals surface area contributed by atoms with Crippen LogP contribution in [0.2, 0.25) is 0 Å². The van der Waals surface area contributed by atoms with Crippen molar-refractivity contribution in [1.82, 2.24) is 9.97 Å². The molecule has 1 aliphatic rings. The van der Waals surface area contributed by atoms with Crippen molar-refractivity contribution in [3.63, 3.8) is 0 Å². The van der Waals surface area contributed by atoms with Crippen molar-refractivity contribution in [3.8, 4) is 11.3 Å². The molecule has 1 amide bonds. The molecule has 0 spiro atoms. The number of anilines is 1. The quantitative estimate of drug-likeness (QED) is 0.729. The zero-order valence-corrected chi connectivity index (χ0v) is 12.5. The molecule has 0 radical (unpaired) electrons. The molecule has 0 N–H and O–H groups in total. The Morgan fingerprint density at radius 3 is 2.65 bits per heavy atom. The monoisotopic (exact) mass is 301 g/mol. The van der Waals surface area contributed by atoms with Crippen LogP contribution in [0.15, 0.2) is 67.1 Å². The van der Waals surface area contributed by atoms with Gasteiger partial charge in [-0.2, -0.15) is 0 Å². The third kappa shape index (κ3) is 2.38. The van der Waals surface area contributed by atoms with Crippen molar-refractivity contribution in [2.24, 2.45) is 0 Å². The van der Waals surface area contributed by atoms with Crippen LogP contribution in [0.1, 0.15) is 15.9 Å². The number of amides is 1. The van der Waals surface area contributed by atoms with Crippen LogP contribution in [0.5, 0.6) is 0 Å².